The van der Waals surface area contributed by atoms with Crippen molar-refractivity contribution in [2.45, 2.75) is 13.1 Å². The maximum atomic E-state index is 12.8. The van der Waals surface area contributed by atoms with Crippen molar-refractivity contribution in [1.29, 1.82) is 5.26 Å². The lowest BCUT2D eigenvalue weighted by molar-refractivity contribution is -0.137. The molecule has 1 N–H and O–H groups in total. The standard InChI is InChI=1S/C14H10F3N3/c1-9-13(3-2-6-19-9)20-11-5-4-10(8-18)12(7-11)14(15,16)17/h2-7,20H,1H3. The lowest BCUT2D eigenvalue weighted by atomic mass is 10.1. The molecule has 102 valence electrons. The number of aromatic nitrogens is 1. The summed E-state index contributed by atoms with van der Waals surface area (Å²) in [6, 6.07) is 8.45. The zero-order chi connectivity index (χ0) is 14.8. The average molecular weight is 277 g/mol. The van der Waals surface area contributed by atoms with Gasteiger partial charge < -0.3 is 5.32 Å². The van der Waals surface area contributed by atoms with E-state index in [9.17, 15) is 13.2 Å². The van der Waals surface area contributed by atoms with Crippen LogP contribution in [0.2, 0.25) is 0 Å². The van der Waals surface area contributed by atoms with E-state index in [-0.39, 0.29) is 5.69 Å². The molecule has 1 aromatic heterocycles. The van der Waals surface area contributed by atoms with Crippen LogP contribution in [0.5, 0.6) is 0 Å². The lowest BCUT2D eigenvalue weighted by Gasteiger charge is -2.13. The van der Waals surface area contributed by atoms with Crippen LogP contribution in [-0.2, 0) is 6.18 Å². The summed E-state index contributed by atoms with van der Waals surface area (Å²) in [4.78, 5) is 4.04. The molecule has 1 heterocycles. The fourth-order valence-electron chi connectivity index (χ4n) is 1.73. The Labute approximate surface area is 113 Å². The summed E-state index contributed by atoms with van der Waals surface area (Å²) < 4.78 is 38.5. The Morgan fingerprint density at radius 2 is 2.00 bits per heavy atom. The topological polar surface area (TPSA) is 48.7 Å². The zero-order valence-corrected chi connectivity index (χ0v) is 10.5. The van der Waals surface area contributed by atoms with Gasteiger partial charge in [0.1, 0.15) is 0 Å². The van der Waals surface area contributed by atoms with E-state index in [1.54, 1.807) is 31.3 Å². The summed E-state index contributed by atoms with van der Waals surface area (Å²) >= 11 is 0. The van der Waals surface area contributed by atoms with Gasteiger partial charge in [0, 0.05) is 11.9 Å². The van der Waals surface area contributed by atoms with Crippen molar-refractivity contribution in [2.24, 2.45) is 0 Å². The normalized spacial score (nSPS) is 10.9. The predicted octanol–water partition coefficient (Wildman–Crippen LogP) is 4.02. The Hall–Kier alpha value is -2.55. The third-order valence-corrected chi connectivity index (χ3v) is 2.73. The minimum atomic E-state index is -4.56. The van der Waals surface area contributed by atoms with Crippen molar-refractivity contribution in [3.05, 3.63) is 53.3 Å². The lowest BCUT2D eigenvalue weighted by Crippen LogP contribution is -2.08. The van der Waals surface area contributed by atoms with Gasteiger partial charge >= 0.3 is 6.18 Å². The highest BCUT2D eigenvalue weighted by Crippen LogP contribution is 2.34. The molecule has 0 fully saturated rings. The molecule has 20 heavy (non-hydrogen) atoms. The minimum Gasteiger partial charge on any atom is -0.354 e. The molecule has 6 heteroatoms. The molecule has 2 aromatic rings. The second-order valence-electron chi connectivity index (χ2n) is 4.13. The van der Waals surface area contributed by atoms with Crippen LogP contribution >= 0.6 is 0 Å². The Kier molecular flexibility index (Phi) is 3.61. The smallest absolute Gasteiger partial charge is 0.354 e. The van der Waals surface area contributed by atoms with Gasteiger partial charge in [0.05, 0.1) is 28.6 Å². The molecule has 0 amide bonds. The molecule has 0 unspecified atom stereocenters. The summed E-state index contributed by atoms with van der Waals surface area (Å²) in [5, 5.41) is 11.6. The van der Waals surface area contributed by atoms with Crippen molar-refractivity contribution >= 4 is 11.4 Å². The molecular formula is C14H10F3N3. The molecule has 2 rings (SSSR count). The van der Waals surface area contributed by atoms with Crippen LogP contribution in [0.4, 0.5) is 24.5 Å². The molecule has 0 spiro atoms. The van der Waals surface area contributed by atoms with Crippen LogP contribution in [-0.4, -0.2) is 4.98 Å². The first-order chi connectivity index (χ1) is 9.41. The van der Waals surface area contributed by atoms with Crippen LogP contribution in [0, 0.1) is 18.3 Å². The van der Waals surface area contributed by atoms with Gasteiger partial charge in [-0.2, -0.15) is 18.4 Å². The number of alkyl halides is 3. The number of nitriles is 1. The molecule has 0 aliphatic heterocycles. The molecule has 0 radical (unpaired) electrons. The van der Waals surface area contributed by atoms with E-state index in [2.05, 4.69) is 10.3 Å². The monoisotopic (exact) mass is 277 g/mol. The number of nitrogens with zero attached hydrogens (tertiary/aromatic N) is 2. The average Bonchev–Trinajstić information content (AvgIpc) is 2.40. The Balaban J connectivity index is 2.40. The first-order valence-corrected chi connectivity index (χ1v) is 5.72. The highest BCUT2D eigenvalue weighted by Gasteiger charge is 2.33. The van der Waals surface area contributed by atoms with Gasteiger partial charge in [-0.25, -0.2) is 0 Å². The van der Waals surface area contributed by atoms with Gasteiger partial charge in [-0.1, -0.05) is 0 Å². The third-order valence-electron chi connectivity index (χ3n) is 2.73. The third kappa shape index (κ3) is 2.88. The molecule has 1 aromatic carbocycles. The van der Waals surface area contributed by atoms with Crippen LogP contribution in [0.1, 0.15) is 16.8 Å². The van der Waals surface area contributed by atoms with E-state index in [0.29, 0.717) is 11.4 Å². The van der Waals surface area contributed by atoms with Gasteiger partial charge in [0.25, 0.3) is 0 Å². The van der Waals surface area contributed by atoms with Gasteiger partial charge in [-0.15, -0.1) is 0 Å². The molecule has 0 saturated carbocycles. The van der Waals surface area contributed by atoms with E-state index < -0.39 is 17.3 Å². The molecular weight excluding hydrogens is 267 g/mol. The van der Waals surface area contributed by atoms with E-state index in [4.69, 9.17) is 5.26 Å². The first kappa shape index (κ1) is 13.9. The summed E-state index contributed by atoms with van der Waals surface area (Å²) in [6.07, 6.45) is -2.97. The van der Waals surface area contributed by atoms with E-state index >= 15 is 0 Å². The van der Waals surface area contributed by atoms with Crippen LogP contribution in [0.15, 0.2) is 36.5 Å². The number of anilines is 2. The zero-order valence-electron chi connectivity index (χ0n) is 10.5. The maximum absolute atomic E-state index is 12.8. The van der Waals surface area contributed by atoms with E-state index in [1.165, 1.54) is 6.07 Å². The summed E-state index contributed by atoms with van der Waals surface area (Å²) in [5.41, 5.74) is 0.195. The van der Waals surface area contributed by atoms with Gasteiger partial charge in [0.2, 0.25) is 0 Å². The fraction of sp³-hybridized carbons (Fsp3) is 0.143. The highest BCUT2D eigenvalue weighted by atomic mass is 19.4. The number of nitrogens with one attached hydrogen (secondary N) is 1. The summed E-state index contributed by atoms with van der Waals surface area (Å²) in [6.45, 7) is 1.75. The number of hydrogen-bond donors (Lipinski definition) is 1. The fourth-order valence-corrected chi connectivity index (χ4v) is 1.73. The highest BCUT2D eigenvalue weighted by molar-refractivity contribution is 5.63. The van der Waals surface area contributed by atoms with Gasteiger partial charge in [-0.05, 0) is 37.3 Å². The molecule has 0 bridgehead atoms. The first-order valence-electron chi connectivity index (χ1n) is 5.72. The van der Waals surface area contributed by atoms with Crippen LogP contribution in [0.25, 0.3) is 0 Å². The Morgan fingerprint density at radius 1 is 1.25 bits per heavy atom. The Morgan fingerprint density at radius 3 is 2.60 bits per heavy atom. The minimum absolute atomic E-state index is 0.257. The summed E-state index contributed by atoms with van der Waals surface area (Å²) in [5.74, 6) is 0. The number of halogens is 3. The van der Waals surface area contributed by atoms with Gasteiger partial charge in [-0.3, -0.25) is 4.98 Å². The molecule has 0 aliphatic carbocycles. The number of rotatable bonds is 2. The van der Waals surface area contributed by atoms with Crippen LogP contribution < -0.4 is 5.32 Å². The van der Waals surface area contributed by atoms with E-state index in [0.717, 1.165) is 12.1 Å². The molecule has 0 aliphatic rings. The molecule has 0 saturated heterocycles. The van der Waals surface area contributed by atoms with E-state index in [1.807, 2.05) is 0 Å². The van der Waals surface area contributed by atoms with Crippen molar-refractivity contribution in [3.8, 4) is 6.07 Å². The van der Waals surface area contributed by atoms with Crippen LogP contribution in [0.3, 0.4) is 0 Å². The van der Waals surface area contributed by atoms with Gasteiger partial charge in [0.15, 0.2) is 0 Å². The second kappa shape index (κ2) is 5.21. The molecule has 0 atom stereocenters. The number of aryl methyl sites for hydroxylation is 1. The van der Waals surface area contributed by atoms with Crippen molar-refractivity contribution in [3.63, 3.8) is 0 Å². The second-order valence-corrected chi connectivity index (χ2v) is 4.13. The SMILES string of the molecule is Cc1ncccc1Nc1ccc(C#N)c(C(F)(F)F)c1. The quantitative estimate of drug-likeness (QED) is 0.901. The number of pyridine rings is 1. The predicted molar refractivity (Wildman–Crippen MR) is 68.4 cm³/mol. The van der Waals surface area contributed by atoms with Crippen molar-refractivity contribution in [2.75, 3.05) is 5.32 Å². The molecule has 3 nitrogen and oxygen atoms in total. The van der Waals surface area contributed by atoms with Crippen molar-refractivity contribution in [1.82, 2.24) is 4.98 Å². The maximum Gasteiger partial charge on any atom is 0.417 e. The number of hydrogen-bond acceptors (Lipinski definition) is 3. The number of benzene rings is 1. The summed E-state index contributed by atoms with van der Waals surface area (Å²) in [7, 11) is 0. The Bertz CT molecular complexity index is 672. The largest absolute Gasteiger partial charge is 0.417 e. The van der Waals surface area contributed by atoms with Crippen molar-refractivity contribution < 1.29 is 13.2 Å².